The molecule has 1 aliphatic heterocycles. The lowest BCUT2D eigenvalue weighted by molar-refractivity contribution is -0.130. The van der Waals surface area contributed by atoms with Crippen LogP contribution in [0.4, 0.5) is 4.39 Å². The number of hydrogen-bond donors (Lipinski definition) is 1. The highest BCUT2D eigenvalue weighted by Gasteiger charge is 2.60. The number of benzene rings is 1. The third kappa shape index (κ3) is 4.27. The van der Waals surface area contributed by atoms with Gasteiger partial charge in [0.2, 0.25) is 5.91 Å². The maximum atomic E-state index is 13.3. The molecule has 2 saturated carbocycles. The summed E-state index contributed by atoms with van der Waals surface area (Å²) in [5, 5.41) is 3.00. The van der Waals surface area contributed by atoms with Crippen LogP contribution in [0.5, 0.6) is 5.75 Å². The molecule has 1 N–H and O–H groups in total. The lowest BCUT2D eigenvalue weighted by atomic mass is 9.54. The molecule has 3 fully saturated rings. The summed E-state index contributed by atoms with van der Waals surface area (Å²) < 4.78 is 19.4. The number of hydrogen-bond acceptors (Lipinski definition) is 4. The SMILES string of the molecule is CCNC(=O)[C@H]1CC(=O)[C@@]2(C)CCC3c4ccc(OCCCN5CC[C@H](F)C5)cc4CC[C@H]3[C@H]12. The van der Waals surface area contributed by atoms with Crippen LogP contribution in [0.3, 0.4) is 0 Å². The Balaban J connectivity index is 1.25. The fourth-order valence-corrected chi connectivity index (χ4v) is 7.55. The predicted molar refractivity (Wildman–Crippen MR) is 130 cm³/mol. The van der Waals surface area contributed by atoms with Crippen LogP contribution in [0, 0.1) is 23.2 Å². The van der Waals surface area contributed by atoms with E-state index in [1.165, 1.54) is 11.1 Å². The molecule has 1 unspecified atom stereocenters. The normalized spacial score (nSPS) is 34.9. The van der Waals surface area contributed by atoms with Crippen molar-refractivity contribution in [3.8, 4) is 5.75 Å². The quantitative estimate of drug-likeness (QED) is 0.604. The Morgan fingerprint density at radius 2 is 2.15 bits per heavy atom. The van der Waals surface area contributed by atoms with Gasteiger partial charge in [0.1, 0.15) is 17.7 Å². The fourth-order valence-electron chi connectivity index (χ4n) is 7.55. The molecule has 1 amide bonds. The summed E-state index contributed by atoms with van der Waals surface area (Å²) in [6.45, 7) is 7.64. The molecular weight excluding hydrogens is 431 g/mol. The maximum Gasteiger partial charge on any atom is 0.223 e. The standard InChI is InChI=1S/C28H39FN2O3/c1-3-30-27(33)24-16-25(32)28(2)11-9-22-21-8-6-20(15-18(21)5-7-23(22)26(24)28)34-14-4-12-31-13-10-19(29)17-31/h6,8,15,19,22-24,26H,3-5,7,9-14,16-17H2,1-2H3,(H,30,33)/t19-,22?,23+,24-,26+,28+/m0/s1. The number of Topliss-reactive ketones (excluding diaryl/α,β-unsaturated/α-hetero) is 1. The second kappa shape index (κ2) is 9.60. The van der Waals surface area contributed by atoms with Gasteiger partial charge in [0.05, 0.1) is 6.61 Å². The van der Waals surface area contributed by atoms with Gasteiger partial charge < -0.3 is 15.0 Å². The Kier molecular flexibility index (Phi) is 6.71. The topological polar surface area (TPSA) is 58.6 Å². The van der Waals surface area contributed by atoms with Crippen molar-refractivity contribution >= 4 is 11.7 Å². The van der Waals surface area contributed by atoms with Gasteiger partial charge in [-0.05, 0) is 86.5 Å². The van der Waals surface area contributed by atoms with Gasteiger partial charge in [-0.25, -0.2) is 4.39 Å². The summed E-state index contributed by atoms with van der Waals surface area (Å²) in [6, 6.07) is 6.52. The molecule has 0 bridgehead atoms. The van der Waals surface area contributed by atoms with Gasteiger partial charge >= 0.3 is 0 Å². The molecule has 6 atom stereocenters. The number of nitrogens with one attached hydrogen (secondary N) is 1. The molecule has 186 valence electrons. The van der Waals surface area contributed by atoms with Gasteiger partial charge in [0.25, 0.3) is 0 Å². The van der Waals surface area contributed by atoms with E-state index in [0.717, 1.165) is 50.9 Å². The number of rotatable bonds is 7. The van der Waals surface area contributed by atoms with Crippen LogP contribution in [0.1, 0.15) is 69.4 Å². The molecule has 0 spiro atoms. The summed E-state index contributed by atoms with van der Waals surface area (Å²) in [5.41, 5.74) is 2.40. The van der Waals surface area contributed by atoms with Crippen molar-refractivity contribution in [2.45, 2.75) is 70.9 Å². The van der Waals surface area contributed by atoms with Crippen LogP contribution in [-0.2, 0) is 16.0 Å². The van der Waals surface area contributed by atoms with Gasteiger partial charge in [-0.1, -0.05) is 13.0 Å². The zero-order valence-electron chi connectivity index (χ0n) is 20.7. The predicted octanol–water partition coefficient (Wildman–Crippen LogP) is 4.29. The van der Waals surface area contributed by atoms with Crippen molar-refractivity contribution < 1.29 is 18.7 Å². The second-order valence-corrected chi connectivity index (χ2v) is 11.2. The number of carbonyl (C=O) groups is 2. The number of nitrogens with zero attached hydrogens (tertiary/aromatic N) is 1. The molecule has 0 aromatic heterocycles. The molecule has 6 heteroatoms. The Bertz CT molecular complexity index is 936. The number of carbonyl (C=O) groups excluding carboxylic acids is 2. The fraction of sp³-hybridized carbons (Fsp3) is 0.714. The Labute approximate surface area is 202 Å². The van der Waals surface area contributed by atoms with E-state index in [4.69, 9.17) is 4.74 Å². The van der Waals surface area contributed by atoms with Crippen LogP contribution in [0.15, 0.2) is 18.2 Å². The van der Waals surface area contributed by atoms with Gasteiger partial charge in [-0.2, -0.15) is 0 Å². The van der Waals surface area contributed by atoms with Crippen molar-refractivity contribution in [3.05, 3.63) is 29.3 Å². The molecular formula is C28H39FN2O3. The molecule has 1 aromatic carbocycles. The summed E-state index contributed by atoms with van der Waals surface area (Å²) in [5.74, 6) is 2.04. The molecule has 3 aliphatic carbocycles. The van der Waals surface area contributed by atoms with Crippen LogP contribution in [-0.4, -0.2) is 55.5 Å². The van der Waals surface area contributed by atoms with Gasteiger partial charge in [-0.3, -0.25) is 9.59 Å². The first-order valence-corrected chi connectivity index (χ1v) is 13.3. The summed E-state index contributed by atoms with van der Waals surface area (Å²) >= 11 is 0. The minimum Gasteiger partial charge on any atom is -0.494 e. The van der Waals surface area contributed by atoms with Crippen molar-refractivity contribution in [1.82, 2.24) is 10.2 Å². The highest BCUT2D eigenvalue weighted by molar-refractivity contribution is 5.94. The molecule has 1 aromatic rings. The van der Waals surface area contributed by atoms with Gasteiger partial charge in [0, 0.05) is 43.9 Å². The van der Waals surface area contributed by atoms with E-state index < -0.39 is 6.17 Å². The Morgan fingerprint density at radius 1 is 1.29 bits per heavy atom. The number of ether oxygens (including phenoxy) is 1. The van der Waals surface area contributed by atoms with E-state index in [9.17, 15) is 14.0 Å². The highest BCUT2D eigenvalue weighted by atomic mass is 19.1. The molecule has 5 nitrogen and oxygen atoms in total. The summed E-state index contributed by atoms with van der Waals surface area (Å²) in [4.78, 5) is 28.1. The monoisotopic (exact) mass is 470 g/mol. The highest BCUT2D eigenvalue weighted by Crippen LogP contribution is 2.61. The lowest BCUT2D eigenvalue weighted by Gasteiger charge is -2.49. The Morgan fingerprint density at radius 3 is 2.91 bits per heavy atom. The summed E-state index contributed by atoms with van der Waals surface area (Å²) in [6.07, 6.45) is 5.20. The van der Waals surface area contributed by atoms with E-state index in [0.29, 0.717) is 44.4 Å². The van der Waals surface area contributed by atoms with Crippen molar-refractivity contribution in [1.29, 1.82) is 0 Å². The maximum absolute atomic E-state index is 13.3. The summed E-state index contributed by atoms with van der Waals surface area (Å²) in [7, 11) is 0. The number of aryl methyl sites for hydroxylation is 1. The van der Waals surface area contributed by atoms with Crippen molar-refractivity contribution in [3.63, 3.8) is 0 Å². The van der Waals surface area contributed by atoms with Crippen LogP contribution >= 0.6 is 0 Å². The number of amides is 1. The van der Waals surface area contributed by atoms with E-state index in [2.05, 4.69) is 35.3 Å². The first-order valence-electron chi connectivity index (χ1n) is 13.3. The lowest BCUT2D eigenvalue weighted by Crippen LogP contribution is -2.46. The van der Waals surface area contributed by atoms with Crippen molar-refractivity contribution in [2.24, 2.45) is 23.2 Å². The minimum atomic E-state index is -0.665. The first-order chi connectivity index (χ1) is 16.4. The zero-order chi connectivity index (χ0) is 23.9. The smallest absolute Gasteiger partial charge is 0.223 e. The second-order valence-electron chi connectivity index (χ2n) is 11.2. The molecule has 4 aliphatic rings. The third-order valence-corrected chi connectivity index (χ3v) is 9.22. The number of likely N-dealkylation sites (tertiary alicyclic amines) is 1. The zero-order valence-corrected chi connectivity index (χ0v) is 20.7. The number of fused-ring (bicyclic) bond motifs is 5. The molecule has 1 heterocycles. The molecule has 34 heavy (non-hydrogen) atoms. The van der Waals surface area contributed by atoms with E-state index in [1.807, 2.05) is 6.92 Å². The average Bonchev–Trinajstić information content (AvgIpc) is 3.36. The average molecular weight is 471 g/mol. The van der Waals surface area contributed by atoms with Gasteiger partial charge in [0.15, 0.2) is 0 Å². The van der Waals surface area contributed by atoms with Crippen LogP contribution < -0.4 is 10.1 Å². The number of halogens is 1. The minimum absolute atomic E-state index is 0.0655. The molecule has 5 rings (SSSR count). The number of ketones is 1. The van der Waals surface area contributed by atoms with Crippen LogP contribution in [0.2, 0.25) is 0 Å². The van der Waals surface area contributed by atoms with Gasteiger partial charge in [-0.15, -0.1) is 0 Å². The van der Waals surface area contributed by atoms with Crippen LogP contribution in [0.25, 0.3) is 0 Å². The van der Waals surface area contributed by atoms with E-state index in [1.54, 1.807) is 0 Å². The Hall–Kier alpha value is -1.95. The third-order valence-electron chi connectivity index (χ3n) is 9.22. The largest absolute Gasteiger partial charge is 0.494 e. The number of alkyl halides is 1. The molecule has 0 radical (unpaired) electrons. The van der Waals surface area contributed by atoms with E-state index in [-0.39, 0.29) is 28.9 Å². The van der Waals surface area contributed by atoms with E-state index >= 15 is 0 Å². The van der Waals surface area contributed by atoms with Crippen molar-refractivity contribution in [2.75, 3.05) is 32.8 Å². The molecule has 1 saturated heterocycles. The first kappa shape index (κ1) is 23.8.